The number of nitrogens with one attached hydrogen (secondary N) is 1. The van der Waals surface area contributed by atoms with E-state index < -0.39 is 0 Å². The molecule has 1 aliphatic rings. The van der Waals surface area contributed by atoms with Gasteiger partial charge in [-0.1, -0.05) is 6.07 Å². The van der Waals surface area contributed by atoms with Crippen LogP contribution >= 0.6 is 0 Å². The van der Waals surface area contributed by atoms with Gasteiger partial charge < -0.3 is 10.1 Å². The molecule has 1 aliphatic heterocycles. The maximum absolute atomic E-state index is 12.3. The van der Waals surface area contributed by atoms with Crippen LogP contribution in [0.25, 0.3) is 0 Å². The Morgan fingerprint density at radius 3 is 2.93 bits per heavy atom. The number of benzene rings is 1. The van der Waals surface area contributed by atoms with Crippen molar-refractivity contribution in [2.24, 2.45) is 0 Å². The first-order valence-corrected chi connectivity index (χ1v) is 8.97. The second-order valence-electron chi connectivity index (χ2n) is 6.63. The van der Waals surface area contributed by atoms with Crippen molar-refractivity contribution in [1.82, 2.24) is 24.5 Å². The summed E-state index contributed by atoms with van der Waals surface area (Å²) in [6.07, 6.45) is 3.59. The largest absolute Gasteiger partial charge is 0.496 e. The molecule has 0 bridgehead atoms. The van der Waals surface area contributed by atoms with Gasteiger partial charge in [-0.05, 0) is 31.5 Å². The molecule has 3 aromatic rings. The number of amides is 1. The van der Waals surface area contributed by atoms with Crippen LogP contribution in [-0.4, -0.2) is 37.6 Å². The molecule has 1 aromatic carbocycles. The number of nitrogens with zero attached hydrogens (tertiary/aromatic N) is 5. The van der Waals surface area contributed by atoms with Crippen LogP contribution in [0.5, 0.6) is 5.75 Å². The highest BCUT2D eigenvalue weighted by Gasteiger charge is 2.32. The van der Waals surface area contributed by atoms with Crippen molar-refractivity contribution in [3.05, 3.63) is 53.2 Å². The molecular weight excluding hydrogens is 344 g/mol. The van der Waals surface area contributed by atoms with E-state index in [-0.39, 0.29) is 11.8 Å². The number of ether oxygens (including phenoxy) is 1. The first kappa shape index (κ1) is 17.3. The van der Waals surface area contributed by atoms with Gasteiger partial charge in [-0.2, -0.15) is 10.2 Å². The fourth-order valence-corrected chi connectivity index (χ4v) is 3.76. The zero-order valence-electron chi connectivity index (χ0n) is 15.6. The van der Waals surface area contributed by atoms with Gasteiger partial charge >= 0.3 is 0 Å². The summed E-state index contributed by atoms with van der Waals surface area (Å²) < 4.78 is 9.20. The van der Waals surface area contributed by atoms with Crippen LogP contribution in [0, 0.1) is 6.92 Å². The zero-order valence-corrected chi connectivity index (χ0v) is 15.6. The van der Waals surface area contributed by atoms with Crippen LogP contribution in [0.1, 0.15) is 41.6 Å². The lowest BCUT2D eigenvalue weighted by molar-refractivity contribution is -0.116. The smallest absolute Gasteiger partial charge is 0.226 e. The first-order chi connectivity index (χ1) is 13.1. The van der Waals surface area contributed by atoms with E-state index in [1.165, 1.54) is 6.33 Å². The Labute approximate surface area is 157 Å². The molecule has 3 heterocycles. The van der Waals surface area contributed by atoms with Gasteiger partial charge in [0.25, 0.3) is 0 Å². The van der Waals surface area contributed by atoms with E-state index in [2.05, 4.69) is 33.5 Å². The summed E-state index contributed by atoms with van der Waals surface area (Å²) in [5.41, 5.74) is 4.24. The molecule has 140 valence electrons. The summed E-state index contributed by atoms with van der Waals surface area (Å²) in [6.45, 7) is 5.42. The average Bonchev–Trinajstić information content (AvgIpc) is 3.28. The van der Waals surface area contributed by atoms with Crippen LogP contribution in [0.3, 0.4) is 0 Å². The first-order valence-electron chi connectivity index (χ1n) is 8.97. The van der Waals surface area contributed by atoms with Gasteiger partial charge in [0, 0.05) is 35.7 Å². The Balaban J connectivity index is 1.77. The van der Waals surface area contributed by atoms with Crippen molar-refractivity contribution in [3.8, 4) is 5.75 Å². The number of aryl methyl sites for hydroxylation is 1. The molecule has 8 nitrogen and oxygen atoms in total. The van der Waals surface area contributed by atoms with Crippen molar-refractivity contribution in [1.29, 1.82) is 0 Å². The fraction of sp³-hybridized carbons (Fsp3) is 0.368. The third-order valence-corrected chi connectivity index (χ3v) is 5.05. The monoisotopic (exact) mass is 366 g/mol. The highest BCUT2D eigenvalue weighted by molar-refractivity contribution is 5.94. The maximum atomic E-state index is 12.3. The minimum Gasteiger partial charge on any atom is -0.496 e. The highest BCUT2D eigenvalue weighted by atomic mass is 16.5. The van der Waals surface area contributed by atoms with Crippen LogP contribution in [0.4, 0.5) is 5.82 Å². The Bertz CT molecular complexity index is 977. The maximum Gasteiger partial charge on any atom is 0.226 e. The third-order valence-electron chi connectivity index (χ3n) is 5.05. The fourth-order valence-electron chi connectivity index (χ4n) is 3.76. The number of fused-ring (bicyclic) bond motifs is 1. The minimum atomic E-state index is -0.0329. The van der Waals surface area contributed by atoms with Crippen LogP contribution in [-0.2, 0) is 17.9 Å². The Hall–Kier alpha value is -3.16. The number of hydrogen-bond acceptors (Lipinski definition) is 5. The second-order valence-corrected chi connectivity index (χ2v) is 6.63. The Morgan fingerprint density at radius 2 is 2.22 bits per heavy atom. The van der Waals surface area contributed by atoms with Crippen molar-refractivity contribution in [2.45, 2.75) is 39.3 Å². The Morgan fingerprint density at radius 1 is 1.37 bits per heavy atom. The SMILES string of the molecule is CCn1nc2c(c1C)C(c1ccc(OC)c(Cn3cncn3)c1)CC(=O)N2. The molecule has 1 N–H and O–H groups in total. The van der Waals surface area contributed by atoms with E-state index >= 15 is 0 Å². The van der Waals surface area contributed by atoms with Crippen molar-refractivity contribution in [2.75, 3.05) is 12.4 Å². The molecule has 0 aliphatic carbocycles. The third kappa shape index (κ3) is 3.07. The number of carbonyl (C=O) groups is 1. The van der Waals surface area contributed by atoms with E-state index in [4.69, 9.17) is 4.74 Å². The second kappa shape index (κ2) is 6.86. The predicted octanol–water partition coefficient (Wildman–Crippen LogP) is 2.33. The quantitative estimate of drug-likeness (QED) is 0.749. The molecule has 0 saturated heterocycles. The predicted molar refractivity (Wildman–Crippen MR) is 99.8 cm³/mol. The molecule has 1 amide bonds. The molecule has 8 heteroatoms. The van der Waals surface area contributed by atoms with Gasteiger partial charge in [0.2, 0.25) is 5.91 Å². The number of anilines is 1. The lowest BCUT2D eigenvalue weighted by Gasteiger charge is -2.24. The number of carbonyl (C=O) groups excluding carboxylic acids is 1. The Kier molecular flexibility index (Phi) is 4.39. The summed E-state index contributed by atoms with van der Waals surface area (Å²) in [7, 11) is 1.65. The molecule has 4 rings (SSSR count). The van der Waals surface area contributed by atoms with E-state index in [0.717, 1.165) is 34.7 Å². The summed E-state index contributed by atoms with van der Waals surface area (Å²) in [4.78, 5) is 16.3. The molecule has 0 fully saturated rings. The van der Waals surface area contributed by atoms with E-state index in [1.807, 2.05) is 23.7 Å². The standard InChI is InChI=1S/C19H22N6O2/c1-4-25-12(2)18-15(8-17(26)22-19(18)23-25)13-5-6-16(27-3)14(7-13)9-24-11-20-10-21-24/h5-7,10-11,15H,4,8-9H2,1-3H3,(H,22,23,26). The van der Waals surface area contributed by atoms with E-state index in [0.29, 0.717) is 18.8 Å². The molecule has 0 saturated carbocycles. The van der Waals surface area contributed by atoms with Gasteiger partial charge in [-0.15, -0.1) is 0 Å². The van der Waals surface area contributed by atoms with Crippen molar-refractivity contribution >= 4 is 11.7 Å². The van der Waals surface area contributed by atoms with Gasteiger partial charge in [0.15, 0.2) is 5.82 Å². The molecule has 1 unspecified atom stereocenters. The van der Waals surface area contributed by atoms with Crippen LogP contribution in [0.15, 0.2) is 30.9 Å². The number of aromatic nitrogens is 5. The summed E-state index contributed by atoms with van der Waals surface area (Å²) in [5, 5.41) is 11.6. The van der Waals surface area contributed by atoms with Gasteiger partial charge in [-0.3, -0.25) is 9.48 Å². The minimum absolute atomic E-state index is 0.0121. The number of methoxy groups -OCH3 is 1. The average molecular weight is 366 g/mol. The van der Waals surface area contributed by atoms with E-state index in [9.17, 15) is 4.79 Å². The molecule has 0 spiro atoms. The van der Waals surface area contributed by atoms with Crippen molar-refractivity contribution < 1.29 is 9.53 Å². The topological polar surface area (TPSA) is 86.9 Å². The zero-order chi connectivity index (χ0) is 19.0. The summed E-state index contributed by atoms with van der Waals surface area (Å²) in [6, 6.07) is 6.07. The summed E-state index contributed by atoms with van der Waals surface area (Å²) in [5.74, 6) is 1.41. The molecule has 0 radical (unpaired) electrons. The summed E-state index contributed by atoms with van der Waals surface area (Å²) >= 11 is 0. The molecule has 2 aromatic heterocycles. The number of hydrogen-bond donors (Lipinski definition) is 1. The van der Waals surface area contributed by atoms with Gasteiger partial charge in [0.1, 0.15) is 18.4 Å². The van der Waals surface area contributed by atoms with Crippen molar-refractivity contribution in [3.63, 3.8) is 0 Å². The van der Waals surface area contributed by atoms with Crippen LogP contribution in [0.2, 0.25) is 0 Å². The van der Waals surface area contributed by atoms with E-state index in [1.54, 1.807) is 18.1 Å². The molecular formula is C19H22N6O2. The normalized spacial score (nSPS) is 16.1. The lowest BCUT2D eigenvalue weighted by atomic mass is 9.85. The molecule has 27 heavy (non-hydrogen) atoms. The van der Waals surface area contributed by atoms with Gasteiger partial charge in [-0.25, -0.2) is 9.67 Å². The van der Waals surface area contributed by atoms with Crippen LogP contribution < -0.4 is 10.1 Å². The number of rotatable bonds is 5. The highest BCUT2D eigenvalue weighted by Crippen LogP contribution is 2.40. The van der Waals surface area contributed by atoms with Gasteiger partial charge in [0.05, 0.1) is 13.7 Å². The lowest BCUT2D eigenvalue weighted by Crippen LogP contribution is -2.23. The molecule has 1 atom stereocenters.